The van der Waals surface area contributed by atoms with Gasteiger partial charge in [-0.15, -0.1) is 0 Å². The van der Waals surface area contributed by atoms with Gasteiger partial charge in [0.25, 0.3) is 0 Å². The van der Waals surface area contributed by atoms with E-state index >= 15 is 0 Å². The van der Waals surface area contributed by atoms with Gasteiger partial charge in [-0.25, -0.2) is 13.6 Å². The highest BCUT2D eigenvalue weighted by atomic mass is 32.2. The quantitative estimate of drug-likeness (QED) is 0.726. The Hall–Kier alpha value is -0.610. The average molecular weight is 215 g/mol. The van der Waals surface area contributed by atoms with Crippen molar-refractivity contribution >= 4 is 10.0 Å². The van der Waals surface area contributed by atoms with Gasteiger partial charge in [-0.05, 0) is 24.3 Å². The Balaban J connectivity index is 2.96. The molecule has 1 aliphatic carbocycles. The van der Waals surface area contributed by atoms with Crippen molar-refractivity contribution in [2.45, 2.75) is 33.6 Å². The highest BCUT2D eigenvalue weighted by Crippen LogP contribution is 2.33. The second-order valence-electron chi connectivity index (χ2n) is 4.62. The molecule has 14 heavy (non-hydrogen) atoms. The zero-order chi connectivity index (χ0) is 11.0. The van der Waals surface area contributed by atoms with Crippen molar-refractivity contribution in [1.29, 1.82) is 0 Å². The van der Waals surface area contributed by atoms with E-state index in [-0.39, 0.29) is 5.41 Å². The molecule has 0 spiro atoms. The molecular weight excluding hydrogens is 198 g/mol. The van der Waals surface area contributed by atoms with E-state index in [9.17, 15) is 8.42 Å². The molecular formula is C10H17NO2S. The Morgan fingerprint density at radius 1 is 1.21 bits per heavy atom. The number of primary sulfonamides is 1. The first-order valence-electron chi connectivity index (χ1n) is 4.64. The lowest BCUT2D eigenvalue weighted by Gasteiger charge is -2.25. The van der Waals surface area contributed by atoms with Crippen molar-refractivity contribution in [3.8, 4) is 0 Å². The monoisotopic (exact) mass is 215 g/mol. The molecule has 0 aliphatic heterocycles. The molecule has 0 amide bonds. The SMILES string of the molecule is CC(C)(C)C1=CC=C(S(N)(=O)=O)CC1. The Kier molecular flexibility index (Phi) is 2.88. The Morgan fingerprint density at radius 3 is 2.07 bits per heavy atom. The summed E-state index contributed by atoms with van der Waals surface area (Å²) >= 11 is 0. The van der Waals surface area contributed by atoms with Crippen LogP contribution in [0, 0.1) is 5.41 Å². The van der Waals surface area contributed by atoms with Crippen molar-refractivity contribution in [2.75, 3.05) is 0 Å². The molecule has 0 heterocycles. The van der Waals surface area contributed by atoms with Crippen LogP contribution in [0.25, 0.3) is 0 Å². The summed E-state index contributed by atoms with van der Waals surface area (Å²) in [6, 6.07) is 0. The van der Waals surface area contributed by atoms with Crippen LogP contribution in [-0.4, -0.2) is 8.42 Å². The summed E-state index contributed by atoms with van der Waals surface area (Å²) in [4.78, 5) is 0.338. The van der Waals surface area contributed by atoms with Gasteiger partial charge in [0.15, 0.2) is 0 Å². The standard InChI is InChI=1S/C10H17NO2S/c1-10(2,3)8-4-6-9(7-5-8)14(11,12)13/h4,6H,5,7H2,1-3H3,(H2,11,12,13). The molecule has 0 atom stereocenters. The minimum Gasteiger partial charge on any atom is -0.225 e. The van der Waals surface area contributed by atoms with Crippen LogP contribution in [0.2, 0.25) is 0 Å². The van der Waals surface area contributed by atoms with Crippen LogP contribution in [0.4, 0.5) is 0 Å². The van der Waals surface area contributed by atoms with Gasteiger partial charge >= 0.3 is 0 Å². The summed E-state index contributed by atoms with van der Waals surface area (Å²) in [6.07, 6.45) is 4.82. The fraction of sp³-hybridized carbons (Fsp3) is 0.600. The Bertz CT molecular complexity index is 383. The maximum absolute atomic E-state index is 11.0. The first-order valence-corrected chi connectivity index (χ1v) is 6.19. The van der Waals surface area contributed by atoms with E-state index in [0.717, 1.165) is 6.42 Å². The van der Waals surface area contributed by atoms with E-state index in [1.807, 2.05) is 6.08 Å². The van der Waals surface area contributed by atoms with E-state index in [2.05, 4.69) is 20.8 Å². The van der Waals surface area contributed by atoms with Crippen molar-refractivity contribution in [3.05, 3.63) is 22.6 Å². The molecule has 0 saturated heterocycles. The minimum absolute atomic E-state index is 0.111. The summed E-state index contributed by atoms with van der Waals surface area (Å²) in [5.41, 5.74) is 1.38. The van der Waals surface area contributed by atoms with Crippen molar-refractivity contribution in [3.63, 3.8) is 0 Å². The largest absolute Gasteiger partial charge is 0.234 e. The molecule has 0 aromatic rings. The third-order valence-electron chi connectivity index (χ3n) is 2.44. The van der Waals surface area contributed by atoms with Gasteiger partial charge in [-0.2, -0.15) is 0 Å². The maximum atomic E-state index is 11.0. The number of hydrogen-bond acceptors (Lipinski definition) is 2. The predicted octanol–water partition coefficient (Wildman–Crippen LogP) is 1.93. The second kappa shape index (κ2) is 3.51. The molecule has 0 fully saturated rings. The first kappa shape index (κ1) is 11.5. The highest BCUT2D eigenvalue weighted by molar-refractivity contribution is 7.93. The fourth-order valence-corrected chi connectivity index (χ4v) is 2.12. The summed E-state index contributed by atoms with van der Waals surface area (Å²) in [6.45, 7) is 6.36. The smallest absolute Gasteiger partial charge is 0.225 e. The van der Waals surface area contributed by atoms with E-state index in [0.29, 0.717) is 11.3 Å². The molecule has 0 saturated carbocycles. The first-order chi connectivity index (χ1) is 6.21. The Morgan fingerprint density at radius 2 is 1.79 bits per heavy atom. The predicted molar refractivity (Wildman–Crippen MR) is 58.0 cm³/mol. The molecule has 80 valence electrons. The molecule has 0 aromatic carbocycles. The highest BCUT2D eigenvalue weighted by Gasteiger charge is 2.22. The molecule has 2 N–H and O–H groups in total. The van der Waals surface area contributed by atoms with E-state index < -0.39 is 10.0 Å². The van der Waals surface area contributed by atoms with E-state index in [4.69, 9.17) is 5.14 Å². The van der Waals surface area contributed by atoms with Gasteiger partial charge in [-0.3, -0.25) is 0 Å². The number of sulfonamides is 1. The summed E-state index contributed by atoms with van der Waals surface area (Å²) in [5, 5.41) is 5.04. The van der Waals surface area contributed by atoms with Gasteiger partial charge in [-0.1, -0.05) is 32.4 Å². The van der Waals surface area contributed by atoms with Crippen LogP contribution >= 0.6 is 0 Å². The van der Waals surface area contributed by atoms with Gasteiger partial charge in [0.1, 0.15) is 0 Å². The van der Waals surface area contributed by atoms with Crippen LogP contribution in [0.1, 0.15) is 33.6 Å². The molecule has 3 nitrogen and oxygen atoms in total. The molecule has 0 radical (unpaired) electrons. The van der Waals surface area contributed by atoms with E-state index in [1.165, 1.54) is 5.57 Å². The van der Waals surface area contributed by atoms with Crippen LogP contribution in [0.3, 0.4) is 0 Å². The molecule has 4 heteroatoms. The van der Waals surface area contributed by atoms with Crippen LogP contribution in [0.5, 0.6) is 0 Å². The van der Waals surface area contributed by atoms with Crippen LogP contribution in [-0.2, 0) is 10.0 Å². The van der Waals surface area contributed by atoms with Crippen molar-refractivity contribution < 1.29 is 8.42 Å². The van der Waals surface area contributed by atoms with Gasteiger partial charge in [0, 0.05) is 0 Å². The third-order valence-corrected chi connectivity index (χ3v) is 3.51. The number of nitrogens with two attached hydrogens (primary N) is 1. The van der Waals surface area contributed by atoms with Gasteiger partial charge in [0.05, 0.1) is 4.91 Å². The van der Waals surface area contributed by atoms with Crippen molar-refractivity contribution in [1.82, 2.24) is 0 Å². The fourth-order valence-electron chi connectivity index (χ4n) is 1.48. The average Bonchev–Trinajstić information content (AvgIpc) is 2.01. The zero-order valence-electron chi connectivity index (χ0n) is 8.87. The molecule has 1 rings (SSSR count). The summed E-state index contributed by atoms with van der Waals surface area (Å²) < 4.78 is 22.0. The topological polar surface area (TPSA) is 60.2 Å². The maximum Gasteiger partial charge on any atom is 0.234 e. The number of hydrogen-bond donors (Lipinski definition) is 1. The van der Waals surface area contributed by atoms with Crippen molar-refractivity contribution in [2.24, 2.45) is 10.6 Å². The normalized spacial score (nSPS) is 18.9. The number of rotatable bonds is 1. The zero-order valence-corrected chi connectivity index (χ0v) is 9.69. The minimum atomic E-state index is -3.48. The Labute approximate surface area is 85.7 Å². The second-order valence-corrected chi connectivity index (χ2v) is 6.23. The number of allylic oxidation sites excluding steroid dienone is 4. The lowest BCUT2D eigenvalue weighted by molar-refractivity contribution is 0.480. The molecule has 0 bridgehead atoms. The van der Waals surface area contributed by atoms with Gasteiger partial charge < -0.3 is 0 Å². The molecule has 0 aromatic heterocycles. The van der Waals surface area contributed by atoms with Gasteiger partial charge in [0.2, 0.25) is 10.0 Å². The summed E-state index contributed by atoms with van der Waals surface area (Å²) in [7, 11) is -3.48. The summed E-state index contributed by atoms with van der Waals surface area (Å²) in [5.74, 6) is 0. The van der Waals surface area contributed by atoms with Crippen LogP contribution < -0.4 is 5.14 Å². The molecule has 1 aliphatic rings. The van der Waals surface area contributed by atoms with Crippen LogP contribution in [0.15, 0.2) is 22.6 Å². The van der Waals surface area contributed by atoms with E-state index in [1.54, 1.807) is 6.08 Å². The lowest BCUT2D eigenvalue weighted by Crippen LogP contribution is -2.18. The third kappa shape index (κ3) is 2.69. The lowest BCUT2D eigenvalue weighted by atomic mass is 9.82. The molecule has 0 unspecified atom stereocenters.